The third kappa shape index (κ3) is 3.81. The highest BCUT2D eigenvalue weighted by molar-refractivity contribution is 14.1. The second-order valence-corrected chi connectivity index (χ2v) is 10.8. The van der Waals surface area contributed by atoms with Gasteiger partial charge in [0.25, 0.3) is 10.1 Å². The lowest BCUT2D eigenvalue weighted by Gasteiger charge is -2.30. The quantitative estimate of drug-likeness (QED) is 0.244. The van der Waals surface area contributed by atoms with Crippen LogP contribution in [0.15, 0.2) is 53.4 Å². The Balaban J connectivity index is 1.36. The molecular formula is C22H17IO9S. The van der Waals surface area contributed by atoms with Gasteiger partial charge in [-0.05, 0) is 65.4 Å². The number of carbonyl (C=O) groups is 3. The molecule has 172 valence electrons. The van der Waals surface area contributed by atoms with E-state index in [1.165, 1.54) is 12.1 Å². The van der Waals surface area contributed by atoms with Gasteiger partial charge in [-0.3, -0.25) is 14.1 Å². The van der Waals surface area contributed by atoms with Gasteiger partial charge in [-0.15, -0.1) is 0 Å². The van der Waals surface area contributed by atoms with E-state index in [1.807, 2.05) is 22.6 Å². The minimum atomic E-state index is -4.38. The van der Waals surface area contributed by atoms with Gasteiger partial charge in [0, 0.05) is 15.4 Å². The maximum Gasteiger partial charge on any atom is 0.339 e. The summed E-state index contributed by atoms with van der Waals surface area (Å²) in [4.78, 5) is 38.0. The Hall–Kier alpha value is -2.51. The average molecular weight is 584 g/mol. The normalized spacial score (nSPS) is 29.6. The first-order valence-electron chi connectivity index (χ1n) is 10.1. The number of rotatable bonds is 5. The minimum Gasteiger partial charge on any atom is -0.458 e. The van der Waals surface area contributed by atoms with E-state index in [4.69, 9.17) is 18.8 Å². The molecule has 1 saturated heterocycles. The number of hydrogen-bond acceptors (Lipinski definition) is 8. The second-order valence-electron chi connectivity index (χ2n) is 8.23. The summed E-state index contributed by atoms with van der Waals surface area (Å²) in [6.07, 6.45) is -0.858. The minimum absolute atomic E-state index is 0.0606. The first-order valence-corrected chi connectivity index (χ1v) is 12.6. The lowest BCUT2D eigenvalue weighted by atomic mass is 9.78. The molecular weight excluding hydrogens is 567 g/mol. The molecule has 2 bridgehead atoms. The van der Waals surface area contributed by atoms with E-state index in [2.05, 4.69) is 0 Å². The van der Waals surface area contributed by atoms with Crippen LogP contribution in [0.1, 0.15) is 16.8 Å². The topological polar surface area (TPSA) is 133 Å². The Kier molecular flexibility index (Phi) is 5.45. The van der Waals surface area contributed by atoms with Crippen molar-refractivity contribution in [3.8, 4) is 5.75 Å². The van der Waals surface area contributed by atoms with E-state index in [0.717, 1.165) is 12.1 Å². The Bertz CT molecular complexity index is 1260. The summed E-state index contributed by atoms with van der Waals surface area (Å²) in [5.74, 6) is -3.88. The number of esters is 3. The third-order valence-corrected chi connectivity index (χ3v) is 8.30. The summed E-state index contributed by atoms with van der Waals surface area (Å²) >= 11 is 2.03. The first kappa shape index (κ1) is 22.3. The van der Waals surface area contributed by atoms with Crippen LogP contribution < -0.4 is 4.74 Å². The van der Waals surface area contributed by atoms with E-state index >= 15 is 0 Å². The SMILES string of the molecule is O=C(OC1C2CC3C1OC(=O)C3C2C(=O)Oc1ccc(S(=O)(=O)O)cc1)c1ccccc1I. The summed E-state index contributed by atoms with van der Waals surface area (Å²) in [5, 5.41) is 0. The van der Waals surface area contributed by atoms with Crippen molar-refractivity contribution in [2.45, 2.75) is 23.5 Å². The van der Waals surface area contributed by atoms with Gasteiger partial charge in [0.15, 0.2) is 0 Å². The summed E-state index contributed by atoms with van der Waals surface area (Å²) in [5.41, 5.74) is 0.389. The molecule has 3 fully saturated rings. The molecule has 1 heterocycles. The van der Waals surface area contributed by atoms with Gasteiger partial charge >= 0.3 is 17.9 Å². The highest BCUT2D eigenvalue weighted by Crippen LogP contribution is 2.59. The Morgan fingerprint density at radius 1 is 1.06 bits per heavy atom. The van der Waals surface area contributed by atoms with E-state index < -0.39 is 58.0 Å². The van der Waals surface area contributed by atoms with Gasteiger partial charge in [-0.1, -0.05) is 12.1 Å². The largest absolute Gasteiger partial charge is 0.458 e. The Morgan fingerprint density at radius 3 is 2.42 bits per heavy atom. The highest BCUT2D eigenvalue weighted by atomic mass is 127. The molecule has 2 aromatic rings. The molecule has 1 N–H and O–H groups in total. The van der Waals surface area contributed by atoms with Crippen LogP contribution in [0, 0.1) is 27.2 Å². The molecule has 0 spiro atoms. The van der Waals surface area contributed by atoms with Gasteiger partial charge in [0.2, 0.25) is 0 Å². The predicted octanol–water partition coefficient (Wildman–Crippen LogP) is 2.48. The number of halogens is 1. The monoisotopic (exact) mass is 584 g/mol. The van der Waals surface area contributed by atoms with Crippen LogP contribution >= 0.6 is 22.6 Å². The fourth-order valence-electron chi connectivity index (χ4n) is 5.15. The molecule has 2 aliphatic carbocycles. The van der Waals surface area contributed by atoms with Crippen molar-refractivity contribution in [1.29, 1.82) is 0 Å². The zero-order valence-electron chi connectivity index (χ0n) is 16.8. The van der Waals surface area contributed by atoms with Gasteiger partial charge in [-0.25, -0.2) is 4.79 Å². The van der Waals surface area contributed by atoms with Gasteiger partial charge < -0.3 is 14.2 Å². The van der Waals surface area contributed by atoms with E-state index in [-0.39, 0.29) is 16.6 Å². The third-order valence-electron chi connectivity index (χ3n) is 6.50. The highest BCUT2D eigenvalue weighted by Gasteiger charge is 2.70. The predicted molar refractivity (Wildman–Crippen MR) is 119 cm³/mol. The molecule has 9 nitrogen and oxygen atoms in total. The molecule has 1 aliphatic heterocycles. The van der Waals surface area contributed by atoms with Crippen molar-refractivity contribution in [2.75, 3.05) is 0 Å². The Morgan fingerprint density at radius 2 is 1.76 bits per heavy atom. The van der Waals surface area contributed by atoms with Crippen molar-refractivity contribution in [3.05, 3.63) is 57.7 Å². The maximum atomic E-state index is 13.0. The molecule has 6 unspecified atom stereocenters. The van der Waals surface area contributed by atoms with Crippen LogP contribution in [-0.4, -0.2) is 43.1 Å². The smallest absolute Gasteiger partial charge is 0.339 e. The molecule has 33 heavy (non-hydrogen) atoms. The van der Waals surface area contributed by atoms with Crippen molar-refractivity contribution >= 4 is 50.6 Å². The summed E-state index contributed by atoms with van der Waals surface area (Å²) in [7, 11) is -4.38. The zero-order chi connectivity index (χ0) is 23.5. The molecule has 5 rings (SSSR count). The van der Waals surface area contributed by atoms with Gasteiger partial charge in [0.1, 0.15) is 18.0 Å². The summed E-state index contributed by atoms with van der Waals surface area (Å²) in [6.45, 7) is 0. The van der Waals surface area contributed by atoms with Crippen LogP contribution in [0.4, 0.5) is 0 Å². The lowest BCUT2D eigenvalue weighted by Crippen LogP contribution is -2.44. The molecule has 0 radical (unpaired) electrons. The van der Waals surface area contributed by atoms with Gasteiger partial charge in [0.05, 0.1) is 22.3 Å². The van der Waals surface area contributed by atoms with E-state index in [9.17, 15) is 22.8 Å². The lowest BCUT2D eigenvalue weighted by molar-refractivity contribution is -0.149. The fraction of sp³-hybridized carbons (Fsp3) is 0.318. The van der Waals surface area contributed by atoms with Crippen LogP contribution in [0.2, 0.25) is 0 Å². The van der Waals surface area contributed by atoms with Crippen LogP contribution in [0.3, 0.4) is 0 Å². The van der Waals surface area contributed by atoms with Crippen molar-refractivity contribution in [1.82, 2.24) is 0 Å². The first-order chi connectivity index (χ1) is 15.6. The Labute approximate surface area is 202 Å². The van der Waals surface area contributed by atoms with E-state index in [1.54, 1.807) is 24.3 Å². The number of benzene rings is 2. The fourth-order valence-corrected chi connectivity index (χ4v) is 6.23. The summed E-state index contributed by atoms with van der Waals surface area (Å²) in [6, 6.07) is 11.6. The second kappa shape index (κ2) is 8.06. The molecule has 2 saturated carbocycles. The molecule has 3 aliphatic rings. The van der Waals surface area contributed by atoms with Crippen LogP contribution in [-0.2, 0) is 29.2 Å². The van der Waals surface area contributed by atoms with Gasteiger partial charge in [-0.2, -0.15) is 8.42 Å². The average Bonchev–Trinajstić information content (AvgIpc) is 3.37. The number of fused-ring (bicyclic) bond motifs is 1. The molecule has 11 heteroatoms. The standard InChI is InChI=1S/C22H17IO9S/c23-15-4-2-1-3-12(15)20(24)31-18-13-9-14-17(22(26)32-19(14)18)16(13)21(25)30-10-5-7-11(8-6-10)33(27,28)29/h1-8,13-14,16-19H,9H2,(H,27,28,29). The molecule has 0 aromatic heterocycles. The van der Waals surface area contributed by atoms with Crippen molar-refractivity contribution in [2.24, 2.45) is 23.7 Å². The molecule has 6 atom stereocenters. The number of ether oxygens (including phenoxy) is 3. The molecule has 0 amide bonds. The van der Waals surface area contributed by atoms with E-state index in [0.29, 0.717) is 15.6 Å². The maximum absolute atomic E-state index is 13.0. The van der Waals surface area contributed by atoms with Crippen LogP contribution in [0.25, 0.3) is 0 Å². The van der Waals surface area contributed by atoms with Crippen molar-refractivity contribution < 1.29 is 41.6 Å². The number of carbonyl (C=O) groups excluding carboxylic acids is 3. The zero-order valence-corrected chi connectivity index (χ0v) is 19.8. The van der Waals surface area contributed by atoms with Crippen molar-refractivity contribution in [3.63, 3.8) is 0 Å². The summed E-state index contributed by atoms with van der Waals surface area (Å²) < 4.78 is 48.8. The van der Waals surface area contributed by atoms with Crippen LogP contribution in [0.5, 0.6) is 5.75 Å². The molecule has 2 aromatic carbocycles. The number of hydrogen-bond donors (Lipinski definition) is 1.